The van der Waals surface area contributed by atoms with E-state index in [9.17, 15) is 18.0 Å². The molecule has 0 atom stereocenters. The molecule has 10 heteroatoms. The number of ether oxygens (including phenoxy) is 1. The Labute approximate surface area is 203 Å². The SMILES string of the molecule is CCOC(=O)N1CCN(C(=O)CN(Cc2ccc(Br)cc2)S(=O)(=O)c2ccc(C)cc2)CC1. The van der Waals surface area contributed by atoms with Crippen LogP contribution in [0.2, 0.25) is 0 Å². The smallest absolute Gasteiger partial charge is 0.409 e. The summed E-state index contributed by atoms with van der Waals surface area (Å²) in [4.78, 5) is 28.3. The Morgan fingerprint density at radius 3 is 2.12 bits per heavy atom. The van der Waals surface area contributed by atoms with Crippen molar-refractivity contribution < 1.29 is 22.7 Å². The Balaban J connectivity index is 1.76. The van der Waals surface area contributed by atoms with E-state index in [0.29, 0.717) is 32.8 Å². The minimum atomic E-state index is -3.90. The van der Waals surface area contributed by atoms with Crippen LogP contribution in [0.4, 0.5) is 4.79 Å². The molecule has 1 fully saturated rings. The van der Waals surface area contributed by atoms with Crippen molar-refractivity contribution in [3.05, 3.63) is 64.1 Å². The van der Waals surface area contributed by atoms with Crippen LogP contribution in [0.1, 0.15) is 18.1 Å². The van der Waals surface area contributed by atoms with Crippen molar-refractivity contribution in [3.8, 4) is 0 Å². The maximum absolute atomic E-state index is 13.4. The molecule has 0 N–H and O–H groups in total. The van der Waals surface area contributed by atoms with Gasteiger partial charge in [0.05, 0.1) is 18.0 Å². The van der Waals surface area contributed by atoms with Crippen molar-refractivity contribution in [2.24, 2.45) is 0 Å². The van der Waals surface area contributed by atoms with Crippen molar-refractivity contribution in [2.75, 3.05) is 39.3 Å². The van der Waals surface area contributed by atoms with E-state index in [1.54, 1.807) is 41.0 Å². The first-order valence-corrected chi connectivity index (χ1v) is 12.9. The normalized spacial score (nSPS) is 14.4. The fraction of sp³-hybridized carbons (Fsp3) is 0.391. The number of rotatable bonds is 7. The molecular weight excluding hydrogens is 510 g/mol. The second-order valence-electron chi connectivity index (χ2n) is 7.78. The van der Waals surface area contributed by atoms with E-state index in [-0.39, 0.29) is 23.9 Å². The number of aryl methyl sites for hydroxylation is 1. The molecule has 0 saturated carbocycles. The third-order valence-corrected chi connectivity index (χ3v) is 7.74. The van der Waals surface area contributed by atoms with Crippen molar-refractivity contribution in [3.63, 3.8) is 0 Å². The maximum Gasteiger partial charge on any atom is 0.409 e. The molecule has 0 radical (unpaired) electrons. The second kappa shape index (κ2) is 11.1. The van der Waals surface area contributed by atoms with E-state index in [0.717, 1.165) is 15.6 Å². The lowest BCUT2D eigenvalue weighted by Gasteiger charge is -2.35. The van der Waals surface area contributed by atoms with Crippen LogP contribution < -0.4 is 0 Å². The summed E-state index contributed by atoms with van der Waals surface area (Å²) in [6.45, 7) is 5.05. The Hall–Kier alpha value is -2.43. The standard InChI is InChI=1S/C23H28BrN3O5S/c1-3-32-23(29)26-14-12-25(13-15-26)22(28)17-27(16-19-6-8-20(24)9-7-19)33(30,31)21-10-4-18(2)5-11-21/h4-11H,3,12-17H2,1-2H3. The van der Waals surface area contributed by atoms with Crippen LogP contribution in [0.5, 0.6) is 0 Å². The molecular formula is C23H28BrN3O5S. The van der Waals surface area contributed by atoms with Gasteiger partial charge in [-0.3, -0.25) is 4.79 Å². The number of benzene rings is 2. The van der Waals surface area contributed by atoms with E-state index in [2.05, 4.69) is 15.9 Å². The van der Waals surface area contributed by atoms with Gasteiger partial charge in [0.1, 0.15) is 0 Å². The van der Waals surface area contributed by atoms with Crippen LogP contribution in [0.15, 0.2) is 57.9 Å². The van der Waals surface area contributed by atoms with Gasteiger partial charge >= 0.3 is 6.09 Å². The summed E-state index contributed by atoms with van der Waals surface area (Å²) in [5.41, 5.74) is 1.72. The van der Waals surface area contributed by atoms with E-state index in [1.807, 2.05) is 31.2 Å². The number of hydrogen-bond acceptors (Lipinski definition) is 5. The van der Waals surface area contributed by atoms with Gasteiger partial charge < -0.3 is 14.5 Å². The summed E-state index contributed by atoms with van der Waals surface area (Å²) < 4.78 is 34.0. The topological polar surface area (TPSA) is 87.2 Å². The quantitative estimate of drug-likeness (QED) is 0.541. The fourth-order valence-corrected chi connectivity index (χ4v) is 5.12. The average Bonchev–Trinajstić information content (AvgIpc) is 2.80. The molecule has 2 amide bonds. The zero-order chi connectivity index (χ0) is 24.0. The van der Waals surface area contributed by atoms with Crippen LogP contribution in [0.25, 0.3) is 0 Å². The van der Waals surface area contributed by atoms with E-state index >= 15 is 0 Å². The molecule has 1 aliphatic heterocycles. The van der Waals surface area contributed by atoms with Gasteiger partial charge in [-0.25, -0.2) is 13.2 Å². The van der Waals surface area contributed by atoms with Crippen LogP contribution in [0.3, 0.4) is 0 Å². The molecule has 8 nitrogen and oxygen atoms in total. The Bertz CT molecular complexity index is 1070. The van der Waals surface area contributed by atoms with Gasteiger partial charge in [-0.2, -0.15) is 4.31 Å². The summed E-state index contributed by atoms with van der Waals surface area (Å²) in [6.07, 6.45) is -0.400. The van der Waals surface area contributed by atoms with Crippen LogP contribution in [-0.2, 0) is 26.1 Å². The number of nitrogens with zero attached hydrogens (tertiary/aromatic N) is 3. The van der Waals surface area contributed by atoms with E-state index < -0.39 is 16.1 Å². The highest BCUT2D eigenvalue weighted by atomic mass is 79.9. The molecule has 2 aromatic rings. The highest BCUT2D eigenvalue weighted by molar-refractivity contribution is 9.10. The molecule has 33 heavy (non-hydrogen) atoms. The molecule has 0 spiro atoms. The zero-order valence-electron chi connectivity index (χ0n) is 18.7. The average molecular weight is 538 g/mol. The Morgan fingerprint density at radius 1 is 0.970 bits per heavy atom. The third-order valence-electron chi connectivity index (χ3n) is 5.40. The molecule has 0 bridgehead atoms. The van der Waals surface area contributed by atoms with E-state index in [4.69, 9.17) is 4.74 Å². The highest BCUT2D eigenvalue weighted by Gasteiger charge is 2.31. The molecule has 1 heterocycles. The number of carbonyl (C=O) groups excluding carboxylic acids is 2. The van der Waals surface area contributed by atoms with Crippen LogP contribution in [0, 0.1) is 6.92 Å². The van der Waals surface area contributed by atoms with Gasteiger partial charge in [0, 0.05) is 37.2 Å². The molecule has 0 aromatic heterocycles. The summed E-state index contributed by atoms with van der Waals surface area (Å²) in [7, 11) is -3.90. The Kier molecular flexibility index (Phi) is 8.50. The lowest BCUT2D eigenvalue weighted by molar-refractivity contribution is -0.133. The number of amides is 2. The van der Waals surface area contributed by atoms with E-state index in [1.165, 1.54) is 4.31 Å². The minimum Gasteiger partial charge on any atom is -0.450 e. The third kappa shape index (κ3) is 6.55. The summed E-state index contributed by atoms with van der Waals surface area (Å²) in [6, 6.07) is 13.9. The number of carbonyl (C=O) groups is 2. The summed E-state index contributed by atoms with van der Waals surface area (Å²) in [5, 5.41) is 0. The Morgan fingerprint density at radius 2 is 1.55 bits per heavy atom. The van der Waals surface area contributed by atoms with Gasteiger partial charge in [0.15, 0.2) is 0 Å². The second-order valence-corrected chi connectivity index (χ2v) is 10.6. The van der Waals surface area contributed by atoms with Gasteiger partial charge in [0.2, 0.25) is 15.9 Å². The lowest BCUT2D eigenvalue weighted by atomic mass is 10.2. The largest absolute Gasteiger partial charge is 0.450 e. The van der Waals surface area contributed by atoms with Crippen molar-refractivity contribution in [2.45, 2.75) is 25.3 Å². The number of hydrogen-bond donors (Lipinski definition) is 0. The van der Waals surface area contributed by atoms with Crippen LogP contribution >= 0.6 is 15.9 Å². The zero-order valence-corrected chi connectivity index (χ0v) is 21.1. The monoisotopic (exact) mass is 537 g/mol. The lowest BCUT2D eigenvalue weighted by Crippen LogP contribution is -2.53. The molecule has 1 aliphatic rings. The number of sulfonamides is 1. The number of piperazine rings is 1. The number of halogens is 1. The molecule has 2 aromatic carbocycles. The van der Waals surface area contributed by atoms with Crippen molar-refractivity contribution in [1.82, 2.24) is 14.1 Å². The van der Waals surface area contributed by atoms with Crippen LogP contribution in [-0.4, -0.2) is 73.9 Å². The molecule has 178 valence electrons. The van der Waals surface area contributed by atoms with Gasteiger partial charge in [0.25, 0.3) is 0 Å². The highest BCUT2D eigenvalue weighted by Crippen LogP contribution is 2.21. The van der Waals surface area contributed by atoms with Crippen molar-refractivity contribution in [1.29, 1.82) is 0 Å². The van der Waals surface area contributed by atoms with Crippen molar-refractivity contribution >= 4 is 38.0 Å². The van der Waals surface area contributed by atoms with Gasteiger partial charge in [-0.1, -0.05) is 45.8 Å². The predicted octanol–water partition coefficient (Wildman–Crippen LogP) is 3.25. The first-order chi connectivity index (χ1) is 15.7. The molecule has 1 saturated heterocycles. The summed E-state index contributed by atoms with van der Waals surface area (Å²) in [5.74, 6) is -0.300. The van der Waals surface area contributed by atoms with Gasteiger partial charge in [-0.05, 0) is 43.7 Å². The van der Waals surface area contributed by atoms with Gasteiger partial charge in [-0.15, -0.1) is 0 Å². The first-order valence-electron chi connectivity index (χ1n) is 10.7. The fourth-order valence-electron chi connectivity index (χ4n) is 3.48. The minimum absolute atomic E-state index is 0.0675. The predicted molar refractivity (Wildman–Crippen MR) is 128 cm³/mol. The molecule has 0 aliphatic carbocycles. The maximum atomic E-state index is 13.4. The first kappa shape index (κ1) is 25.2. The molecule has 3 rings (SSSR count). The molecule has 0 unspecified atom stereocenters. The summed E-state index contributed by atoms with van der Waals surface area (Å²) >= 11 is 3.38.